The molecular weight excluding hydrogens is 406 g/mol. The zero-order valence-electron chi connectivity index (χ0n) is 14.5. The first kappa shape index (κ1) is 19.9. The molecule has 8 heteroatoms. The van der Waals surface area contributed by atoms with Crippen molar-refractivity contribution in [2.24, 2.45) is 0 Å². The average Bonchev–Trinajstić information content (AvgIpc) is 2.59. The van der Waals surface area contributed by atoms with Crippen molar-refractivity contribution in [3.05, 3.63) is 33.0 Å². The van der Waals surface area contributed by atoms with E-state index in [1.807, 2.05) is 19.9 Å². The van der Waals surface area contributed by atoms with Gasteiger partial charge in [0.25, 0.3) is 5.56 Å². The Balaban J connectivity index is 2.21. The van der Waals surface area contributed by atoms with Crippen molar-refractivity contribution in [2.45, 2.75) is 37.2 Å². The standard InChI is InChI=1S/C17H22BrN3O3S/c1-4-21-16(23)13-10-12(18)6-7-14(13)20-17(21)25-11(2)15(22)19-8-5-9-24-3/h6-7,10-11H,4-5,8-9H2,1-3H3,(H,19,22). The lowest BCUT2D eigenvalue weighted by Gasteiger charge is -2.15. The minimum Gasteiger partial charge on any atom is -0.385 e. The number of amides is 1. The van der Waals surface area contributed by atoms with E-state index in [1.165, 1.54) is 11.8 Å². The van der Waals surface area contributed by atoms with E-state index in [2.05, 4.69) is 26.2 Å². The summed E-state index contributed by atoms with van der Waals surface area (Å²) < 4.78 is 7.41. The fourth-order valence-electron chi connectivity index (χ4n) is 2.33. The zero-order chi connectivity index (χ0) is 18.4. The van der Waals surface area contributed by atoms with Gasteiger partial charge in [-0.1, -0.05) is 27.7 Å². The van der Waals surface area contributed by atoms with Crippen LogP contribution in [0.4, 0.5) is 0 Å². The lowest BCUT2D eigenvalue weighted by atomic mass is 10.2. The van der Waals surface area contributed by atoms with Crippen LogP contribution < -0.4 is 10.9 Å². The molecule has 1 aromatic carbocycles. The first-order valence-electron chi connectivity index (χ1n) is 8.11. The van der Waals surface area contributed by atoms with Crippen LogP contribution in [0.25, 0.3) is 10.9 Å². The van der Waals surface area contributed by atoms with Crippen LogP contribution in [0.3, 0.4) is 0 Å². The van der Waals surface area contributed by atoms with E-state index in [4.69, 9.17) is 4.74 Å². The van der Waals surface area contributed by atoms with Crippen LogP contribution in [-0.2, 0) is 16.1 Å². The predicted molar refractivity (Wildman–Crippen MR) is 104 cm³/mol. The third-order valence-electron chi connectivity index (χ3n) is 3.67. The van der Waals surface area contributed by atoms with Crippen LogP contribution in [0, 0.1) is 0 Å². The zero-order valence-corrected chi connectivity index (χ0v) is 16.9. The molecule has 2 aromatic rings. The van der Waals surface area contributed by atoms with Crippen LogP contribution in [-0.4, -0.2) is 41.0 Å². The summed E-state index contributed by atoms with van der Waals surface area (Å²) >= 11 is 4.68. The first-order chi connectivity index (χ1) is 12.0. The second kappa shape index (κ2) is 9.35. The number of nitrogens with zero attached hydrogens (tertiary/aromatic N) is 2. The van der Waals surface area contributed by atoms with Gasteiger partial charge in [0.05, 0.1) is 16.2 Å². The molecule has 136 valence electrons. The highest BCUT2D eigenvalue weighted by Crippen LogP contribution is 2.23. The topological polar surface area (TPSA) is 73.2 Å². The maximum atomic E-state index is 12.7. The quantitative estimate of drug-likeness (QED) is 0.398. The van der Waals surface area contributed by atoms with Gasteiger partial charge in [-0.15, -0.1) is 0 Å². The van der Waals surface area contributed by atoms with Crippen LogP contribution in [0.2, 0.25) is 0 Å². The minimum absolute atomic E-state index is 0.0751. The molecule has 1 atom stereocenters. The van der Waals surface area contributed by atoms with E-state index in [9.17, 15) is 9.59 Å². The Morgan fingerprint density at radius 1 is 1.48 bits per heavy atom. The minimum atomic E-state index is -0.347. The summed E-state index contributed by atoms with van der Waals surface area (Å²) in [7, 11) is 1.63. The van der Waals surface area contributed by atoms with Gasteiger partial charge in [0.2, 0.25) is 5.91 Å². The molecule has 0 saturated heterocycles. The van der Waals surface area contributed by atoms with Crippen LogP contribution in [0.15, 0.2) is 32.6 Å². The maximum Gasteiger partial charge on any atom is 0.262 e. The number of carbonyl (C=O) groups is 1. The van der Waals surface area contributed by atoms with Crippen molar-refractivity contribution in [1.82, 2.24) is 14.9 Å². The Morgan fingerprint density at radius 3 is 2.92 bits per heavy atom. The number of rotatable bonds is 8. The molecule has 1 N–H and O–H groups in total. The second-order valence-electron chi connectivity index (χ2n) is 5.50. The van der Waals surface area contributed by atoms with Gasteiger partial charge in [-0.05, 0) is 38.5 Å². The second-order valence-corrected chi connectivity index (χ2v) is 7.73. The Labute approximate surface area is 159 Å². The van der Waals surface area contributed by atoms with Gasteiger partial charge in [-0.25, -0.2) is 4.98 Å². The number of methoxy groups -OCH3 is 1. The molecule has 1 unspecified atom stereocenters. The SMILES string of the molecule is CCn1c(SC(C)C(=O)NCCCOC)nc2ccc(Br)cc2c1=O. The van der Waals surface area contributed by atoms with Crippen molar-refractivity contribution >= 4 is 44.5 Å². The molecule has 25 heavy (non-hydrogen) atoms. The fraction of sp³-hybridized carbons (Fsp3) is 0.471. The molecule has 0 saturated carbocycles. The molecule has 0 bridgehead atoms. The van der Waals surface area contributed by atoms with E-state index >= 15 is 0 Å². The normalized spacial score (nSPS) is 12.3. The Bertz CT molecular complexity index is 810. The largest absolute Gasteiger partial charge is 0.385 e. The molecule has 0 fully saturated rings. The molecule has 1 amide bonds. The summed E-state index contributed by atoms with van der Waals surface area (Å²) in [6.07, 6.45) is 0.766. The molecule has 1 heterocycles. The molecule has 0 aliphatic rings. The summed E-state index contributed by atoms with van der Waals surface area (Å²) in [5, 5.41) is 3.65. The summed E-state index contributed by atoms with van der Waals surface area (Å²) in [5.74, 6) is -0.0751. The average molecular weight is 428 g/mol. The third kappa shape index (κ3) is 5.05. The number of hydrogen-bond donors (Lipinski definition) is 1. The number of halogens is 1. The van der Waals surface area contributed by atoms with Crippen molar-refractivity contribution in [2.75, 3.05) is 20.3 Å². The molecule has 0 aliphatic carbocycles. The summed E-state index contributed by atoms with van der Waals surface area (Å²) in [6.45, 7) is 5.38. The van der Waals surface area contributed by atoms with Gasteiger partial charge in [0.1, 0.15) is 0 Å². The number of carbonyl (C=O) groups excluding carboxylic acids is 1. The number of fused-ring (bicyclic) bond motifs is 1. The number of ether oxygens (including phenoxy) is 1. The molecular formula is C17H22BrN3O3S. The van der Waals surface area contributed by atoms with E-state index in [1.54, 1.807) is 23.8 Å². The van der Waals surface area contributed by atoms with Crippen LogP contribution in [0.5, 0.6) is 0 Å². The number of aromatic nitrogens is 2. The van der Waals surface area contributed by atoms with E-state index in [0.717, 1.165) is 10.9 Å². The van der Waals surface area contributed by atoms with Gasteiger partial charge in [0.15, 0.2) is 5.16 Å². The maximum absolute atomic E-state index is 12.7. The first-order valence-corrected chi connectivity index (χ1v) is 9.78. The fourth-order valence-corrected chi connectivity index (χ4v) is 3.68. The molecule has 1 aromatic heterocycles. The highest BCUT2D eigenvalue weighted by molar-refractivity contribution is 9.10. The number of benzene rings is 1. The van der Waals surface area contributed by atoms with Gasteiger partial charge in [0, 0.05) is 31.3 Å². The number of thioether (sulfide) groups is 1. The van der Waals surface area contributed by atoms with Crippen molar-refractivity contribution in [3.8, 4) is 0 Å². The van der Waals surface area contributed by atoms with Crippen molar-refractivity contribution in [1.29, 1.82) is 0 Å². The van der Waals surface area contributed by atoms with Gasteiger partial charge >= 0.3 is 0 Å². The van der Waals surface area contributed by atoms with E-state index in [0.29, 0.717) is 35.8 Å². The highest BCUT2D eigenvalue weighted by atomic mass is 79.9. The summed E-state index contributed by atoms with van der Waals surface area (Å²) in [5.41, 5.74) is 0.539. The molecule has 0 spiro atoms. The Hall–Kier alpha value is -1.38. The van der Waals surface area contributed by atoms with Gasteiger partial charge in [-0.3, -0.25) is 14.2 Å². The Kier molecular flexibility index (Phi) is 7.46. The number of hydrogen-bond acceptors (Lipinski definition) is 5. The third-order valence-corrected chi connectivity index (χ3v) is 5.26. The van der Waals surface area contributed by atoms with Gasteiger partial charge < -0.3 is 10.1 Å². The van der Waals surface area contributed by atoms with E-state index in [-0.39, 0.29) is 16.7 Å². The molecule has 0 radical (unpaired) electrons. The van der Waals surface area contributed by atoms with Crippen molar-refractivity contribution in [3.63, 3.8) is 0 Å². The summed E-state index contributed by atoms with van der Waals surface area (Å²) in [6, 6.07) is 5.43. The summed E-state index contributed by atoms with van der Waals surface area (Å²) in [4.78, 5) is 29.5. The van der Waals surface area contributed by atoms with E-state index < -0.39 is 0 Å². The Morgan fingerprint density at radius 2 is 2.24 bits per heavy atom. The molecule has 0 aliphatic heterocycles. The van der Waals surface area contributed by atoms with Crippen LogP contribution in [0.1, 0.15) is 20.3 Å². The number of nitrogens with one attached hydrogen (secondary N) is 1. The van der Waals surface area contributed by atoms with Crippen molar-refractivity contribution < 1.29 is 9.53 Å². The lowest BCUT2D eigenvalue weighted by Crippen LogP contribution is -2.33. The molecule has 6 nitrogen and oxygen atoms in total. The highest BCUT2D eigenvalue weighted by Gasteiger charge is 2.18. The smallest absolute Gasteiger partial charge is 0.262 e. The monoisotopic (exact) mass is 427 g/mol. The predicted octanol–water partition coefficient (Wildman–Crippen LogP) is 2.81. The van der Waals surface area contributed by atoms with Crippen LogP contribution >= 0.6 is 27.7 Å². The lowest BCUT2D eigenvalue weighted by molar-refractivity contribution is -0.120. The molecule has 2 rings (SSSR count). The van der Waals surface area contributed by atoms with Gasteiger partial charge in [-0.2, -0.15) is 0 Å².